The van der Waals surface area contributed by atoms with Crippen molar-refractivity contribution in [2.75, 3.05) is 20.8 Å². The Balaban J connectivity index is 1.96. The van der Waals surface area contributed by atoms with Crippen LogP contribution in [0.3, 0.4) is 0 Å². The lowest BCUT2D eigenvalue weighted by Gasteiger charge is -2.07. The van der Waals surface area contributed by atoms with Crippen molar-refractivity contribution in [1.82, 2.24) is 10.3 Å². The minimum absolute atomic E-state index is 0.00637. The van der Waals surface area contributed by atoms with Crippen LogP contribution in [0.15, 0.2) is 27.9 Å². The van der Waals surface area contributed by atoms with Crippen molar-refractivity contribution in [2.24, 2.45) is 0 Å². The summed E-state index contributed by atoms with van der Waals surface area (Å²) in [5, 5.41) is 4.71. The molecule has 0 bridgehead atoms. The van der Waals surface area contributed by atoms with E-state index in [1.807, 2.05) is 30.5 Å². The lowest BCUT2D eigenvalue weighted by atomic mass is 10.2. The molecule has 2 aromatic rings. The summed E-state index contributed by atoms with van der Waals surface area (Å²) in [6.45, 7) is 2.55. The minimum Gasteiger partial charge on any atom is -0.497 e. The molecular formula is C16H20N2O3S2. The average molecular weight is 352 g/mol. The van der Waals surface area contributed by atoms with E-state index in [4.69, 9.17) is 9.47 Å². The van der Waals surface area contributed by atoms with Gasteiger partial charge in [0.15, 0.2) is 0 Å². The highest BCUT2D eigenvalue weighted by molar-refractivity contribution is 8.00. The highest BCUT2D eigenvalue weighted by Crippen LogP contribution is 2.30. The maximum absolute atomic E-state index is 11.6. The fourth-order valence-electron chi connectivity index (χ4n) is 1.95. The zero-order valence-corrected chi connectivity index (χ0v) is 15.1. The molecule has 0 aliphatic heterocycles. The summed E-state index contributed by atoms with van der Waals surface area (Å²) in [5.74, 6) is 2.32. The molecular weight excluding hydrogens is 332 g/mol. The normalized spacial score (nSPS) is 10.4. The third-order valence-electron chi connectivity index (χ3n) is 3.02. The van der Waals surface area contributed by atoms with Gasteiger partial charge in [0.1, 0.15) is 15.8 Å². The number of nitrogens with one attached hydrogen (secondary N) is 1. The molecule has 0 fully saturated rings. The van der Waals surface area contributed by atoms with Crippen LogP contribution in [0.4, 0.5) is 0 Å². The number of thiazole rings is 1. The van der Waals surface area contributed by atoms with Gasteiger partial charge in [0.2, 0.25) is 5.91 Å². The van der Waals surface area contributed by atoms with Crippen molar-refractivity contribution in [2.45, 2.75) is 23.4 Å². The summed E-state index contributed by atoms with van der Waals surface area (Å²) < 4.78 is 11.5. The fraction of sp³-hybridized carbons (Fsp3) is 0.375. The summed E-state index contributed by atoms with van der Waals surface area (Å²) in [5.41, 5.74) is 1.92. The number of aromatic nitrogens is 1. The molecule has 1 N–H and O–H groups in total. The first kappa shape index (κ1) is 17.6. The van der Waals surface area contributed by atoms with Gasteiger partial charge >= 0.3 is 0 Å². The maximum Gasteiger partial charge on any atom is 0.226 e. The van der Waals surface area contributed by atoms with Crippen LogP contribution in [-0.2, 0) is 17.0 Å². The number of likely N-dealkylation sites (N-methyl/N-ethyl adjacent to an activating group) is 1. The quantitative estimate of drug-likeness (QED) is 0.740. The maximum atomic E-state index is 11.6. The summed E-state index contributed by atoms with van der Waals surface area (Å²) in [7, 11) is 3.28. The standard InChI is InChI=1S/C16H20N2O3S2/c1-4-17-15(19)7-12-10-23-16(18-12)22-9-11-5-13(20-2)8-14(6-11)21-3/h5-6,8,10H,4,7,9H2,1-3H3,(H,17,19). The van der Waals surface area contributed by atoms with E-state index in [1.165, 1.54) is 0 Å². The second-order valence-electron chi connectivity index (χ2n) is 4.74. The predicted octanol–water partition coefficient (Wildman–Crippen LogP) is 3.13. The van der Waals surface area contributed by atoms with E-state index in [-0.39, 0.29) is 5.91 Å². The number of amides is 1. The molecule has 0 saturated carbocycles. The van der Waals surface area contributed by atoms with Gasteiger partial charge in [-0.15, -0.1) is 11.3 Å². The Morgan fingerprint density at radius 1 is 1.26 bits per heavy atom. The third kappa shape index (κ3) is 5.44. The van der Waals surface area contributed by atoms with Crippen LogP contribution in [0.25, 0.3) is 0 Å². The number of carbonyl (C=O) groups is 1. The van der Waals surface area contributed by atoms with Gasteiger partial charge in [-0.25, -0.2) is 4.98 Å². The smallest absolute Gasteiger partial charge is 0.226 e. The number of rotatable bonds is 8. The molecule has 0 saturated heterocycles. The highest BCUT2D eigenvalue weighted by Gasteiger charge is 2.08. The van der Waals surface area contributed by atoms with Crippen LogP contribution in [0.1, 0.15) is 18.2 Å². The van der Waals surface area contributed by atoms with Crippen LogP contribution in [0, 0.1) is 0 Å². The SMILES string of the molecule is CCNC(=O)Cc1csc(SCc2cc(OC)cc(OC)c2)n1. The van der Waals surface area contributed by atoms with Gasteiger partial charge in [0.05, 0.1) is 26.3 Å². The van der Waals surface area contributed by atoms with Gasteiger partial charge in [-0.3, -0.25) is 4.79 Å². The molecule has 1 aromatic heterocycles. The van der Waals surface area contributed by atoms with E-state index in [0.717, 1.165) is 32.8 Å². The number of benzene rings is 1. The van der Waals surface area contributed by atoms with Gasteiger partial charge in [0, 0.05) is 23.7 Å². The average Bonchev–Trinajstić information content (AvgIpc) is 3.00. The van der Waals surface area contributed by atoms with Crippen LogP contribution >= 0.6 is 23.1 Å². The Kier molecular flexibility index (Phi) is 6.73. The molecule has 0 radical (unpaired) electrons. The number of carbonyl (C=O) groups excluding carboxylic acids is 1. The third-order valence-corrected chi connectivity index (χ3v) is 5.16. The van der Waals surface area contributed by atoms with E-state index >= 15 is 0 Å². The second-order valence-corrected chi connectivity index (χ2v) is 6.83. The van der Waals surface area contributed by atoms with Gasteiger partial charge in [-0.05, 0) is 24.6 Å². The monoisotopic (exact) mass is 352 g/mol. The van der Waals surface area contributed by atoms with E-state index in [1.54, 1.807) is 37.3 Å². The molecule has 2 rings (SSSR count). The van der Waals surface area contributed by atoms with Crippen LogP contribution in [0.5, 0.6) is 11.5 Å². The predicted molar refractivity (Wildman–Crippen MR) is 93.6 cm³/mol. The summed E-state index contributed by atoms with van der Waals surface area (Å²) in [4.78, 5) is 16.1. The first-order chi connectivity index (χ1) is 11.1. The Morgan fingerprint density at radius 2 is 1.96 bits per heavy atom. The van der Waals surface area contributed by atoms with Gasteiger partial charge in [-0.1, -0.05) is 11.8 Å². The van der Waals surface area contributed by atoms with Crippen molar-refractivity contribution in [3.05, 3.63) is 34.8 Å². The summed E-state index contributed by atoms with van der Waals surface area (Å²) >= 11 is 3.20. The molecule has 1 heterocycles. The summed E-state index contributed by atoms with van der Waals surface area (Å²) in [6, 6.07) is 5.82. The number of thioether (sulfide) groups is 1. The zero-order valence-electron chi connectivity index (χ0n) is 13.4. The molecule has 7 heteroatoms. The molecule has 23 heavy (non-hydrogen) atoms. The number of hydrogen-bond donors (Lipinski definition) is 1. The minimum atomic E-state index is 0.00637. The van der Waals surface area contributed by atoms with Crippen molar-refractivity contribution >= 4 is 29.0 Å². The molecule has 5 nitrogen and oxygen atoms in total. The molecule has 1 amide bonds. The topological polar surface area (TPSA) is 60.5 Å². The van der Waals surface area contributed by atoms with Crippen molar-refractivity contribution in [3.8, 4) is 11.5 Å². The van der Waals surface area contributed by atoms with Crippen molar-refractivity contribution < 1.29 is 14.3 Å². The lowest BCUT2D eigenvalue weighted by molar-refractivity contribution is -0.120. The van der Waals surface area contributed by atoms with Gasteiger partial charge in [0.25, 0.3) is 0 Å². The Bertz CT molecular complexity index is 636. The summed E-state index contributed by atoms with van der Waals surface area (Å²) in [6.07, 6.45) is 0.331. The molecule has 0 atom stereocenters. The first-order valence-corrected chi connectivity index (χ1v) is 9.07. The lowest BCUT2D eigenvalue weighted by Crippen LogP contribution is -2.24. The van der Waals surface area contributed by atoms with E-state index in [0.29, 0.717) is 13.0 Å². The molecule has 0 aliphatic carbocycles. The van der Waals surface area contributed by atoms with E-state index in [2.05, 4.69) is 10.3 Å². The molecule has 1 aromatic carbocycles. The Morgan fingerprint density at radius 3 is 2.57 bits per heavy atom. The highest BCUT2D eigenvalue weighted by atomic mass is 32.2. The van der Waals surface area contributed by atoms with E-state index < -0.39 is 0 Å². The number of hydrogen-bond acceptors (Lipinski definition) is 6. The van der Waals surface area contributed by atoms with E-state index in [9.17, 15) is 4.79 Å². The Hall–Kier alpha value is -1.73. The van der Waals surface area contributed by atoms with Gasteiger partial charge < -0.3 is 14.8 Å². The zero-order chi connectivity index (χ0) is 16.7. The van der Waals surface area contributed by atoms with Crippen LogP contribution in [-0.4, -0.2) is 31.7 Å². The van der Waals surface area contributed by atoms with Crippen LogP contribution < -0.4 is 14.8 Å². The fourth-order valence-corrected chi connectivity index (χ4v) is 3.73. The molecule has 0 unspecified atom stereocenters. The molecule has 124 valence electrons. The number of methoxy groups -OCH3 is 2. The second kappa shape index (κ2) is 8.79. The number of ether oxygens (including phenoxy) is 2. The molecule has 0 aliphatic rings. The van der Waals surface area contributed by atoms with Gasteiger partial charge in [-0.2, -0.15) is 0 Å². The number of nitrogens with zero attached hydrogens (tertiary/aromatic N) is 1. The van der Waals surface area contributed by atoms with Crippen LogP contribution in [0.2, 0.25) is 0 Å². The first-order valence-electron chi connectivity index (χ1n) is 7.20. The van der Waals surface area contributed by atoms with Crippen molar-refractivity contribution in [3.63, 3.8) is 0 Å². The Labute approximate surface area is 144 Å². The molecule has 0 spiro atoms. The van der Waals surface area contributed by atoms with Crippen molar-refractivity contribution in [1.29, 1.82) is 0 Å². The largest absolute Gasteiger partial charge is 0.497 e.